The van der Waals surface area contributed by atoms with Gasteiger partial charge in [-0.2, -0.15) is 0 Å². The first-order valence-electron chi connectivity index (χ1n) is 7.77. The molecule has 110 valence electrons. The number of aliphatic hydroxyl groups is 1. The normalized spacial score (nSPS) is 17.4. The first kappa shape index (κ1) is 14.3. The lowest BCUT2D eigenvalue weighted by Crippen LogP contribution is -2.32. The SMILES string of the molecule is Cc1ccccc1C(NCC(O)C1CC1)c1ccccc1. The molecule has 2 nitrogen and oxygen atoms in total. The number of hydrogen-bond donors (Lipinski definition) is 2. The Bertz CT molecular complexity index is 577. The summed E-state index contributed by atoms with van der Waals surface area (Å²) in [5.74, 6) is 0.505. The molecule has 1 aliphatic rings. The molecule has 0 bridgehead atoms. The van der Waals surface area contributed by atoms with Crippen LogP contribution in [0, 0.1) is 12.8 Å². The Morgan fingerprint density at radius 1 is 1.05 bits per heavy atom. The van der Waals surface area contributed by atoms with Gasteiger partial charge in [0.25, 0.3) is 0 Å². The van der Waals surface area contributed by atoms with Crippen LogP contribution in [0.15, 0.2) is 54.6 Å². The summed E-state index contributed by atoms with van der Waals surface area (Å²) in [7, 11) is 0. The second-order valence-corrected chi connectivity index (χ2v) is 6.01. The maximum atomic E-state index is 10.1. The van der Waals surface area contributed by atoms with E-state index in [4.69, 9.17) is 0 Å². The fraction of sp³-hybridized carbons (Fsp3) is 0.368. The predicted octanol–water partition coefficient (Wildman–Crippen LogP) is 3.44. The average Bonchev–Trinajstić information content (AvgIpc) is 3.35. The maximum absolute atomic E-state index is 10.1. The van der Waals surface area contributed by atoms with Crippen LogP contribution in [0.1, 0.15) is 35.6 Å². The van der Waals surface area contributed by atoms with E-state index in [9.17, 15) is 5.11 Å². The molecule has 0 aliphatic heterocycles. The molecule has 3 rings (SSSR count). The van der Waals surface area contributed by atoms with E-state index in [1.54, 1.807) is 0 Å². The Morgan fingerprint density at radius 2 is 1.71 bits per heavy atom. The largest absolute Gasteiger partial charge is 0.392 e. The van der Waals surface area contributed by atoms with Gasteiger partial charge in [-0.25, -0.2) is 0 Å². The lowest BCUT2D eigenvalue weighted by molar-refractivity contribution is 0.146. The third-order valence-corrected chi connectivity index (χ3v) is 4.33. The van der Waals surface area contributed by atoms with Gasteiger partial charge < -0.3 is 10.4 Å². The summed E-state index contributed by atoms with van der Waals surface area (Å²) < 4.78 is 0. The third-order valence-electron chi connectivity index (χ3n) is 4.33. The third kappa shape index (κ3) is 3.52. The van der Waals surface area contributed by atoms with Crippen LogP contribution in [0.5, 0.6) is 0 Å². The highest BCUT2D eigenvalue weighted by Crippen LogP contribution is 2.33. The molecule has 2 atom stereocenters. The van der Waals surface area contributed by atoms with E-state index in [1.165, 1.54) is 29.5 Å². The van der Waals surface area contributed by atoms with Crippen LogP contribution in [0.4, 0.5) is 0 Å². The Balaban J connectivity index is 1.82. The van der Waals surface area contributed by atoms with Crippen LogP contribution < -0.4 is 5.32 Å². The summed E-state index contributed by atoms with van der Waals surface area (Å²) in [6, 6.07) is 19.1. The van der Waals surface area contributed by atoms with E-state index >= 15 is 0 Å². The molecule has 2 heteroatoms. The van der Waals surface area contributed by atoms with Crippen molar-refractivity contribution in [3.8, 4) is 0 Å². The molecule has 2 aromatic rings. The van der Waals surface area contributed by atoms with E-state index in [0.717, 1.165) is 0 Å². The van der Waals surface area contributed by atoms with Crippen molar-refractivity contribution < 1.29 is 5.11 Å². The first-order chi connectivity index (χ1) is 10.3. The lowest BCUT2D eigenvalue weighted by atomic mass is 9.95. The van der Waals surface area contributed by atoms with E-state index in [2.05, 4.69) is 60.8 Å². The van der Waals surface area contributed by atoms with E-state index in [1.807, 2.05) is 6.07 Å². The molecule has 1 saturated carbocycles. The Labute approximate surface area is 126 Å². The molecular formula is C19H23NO. The molecule has 1 fully saturated rings. The van der Waals surface area contributed by atoms with Gasteiger partial charge in [0.2, 0.25) is 0 Å². The summed E-state index contributed by atoms with van der Waals surface area (Å²) in [4.78, 5) is 0. The number of nitrogens with one attached hydrogen (secondary N) is 1. The molecule has 0 aromatic heterocycles. The minimum Gasteiger partial charge on any atom is -0.392 e. The van der Waals surface area contributed by atoms with Crippen molar-refractivity contribution in [2.45, 2.75) is 31.9 Å². The second-order valence-electron chi connectivity index (χ2n) is 6.01. The summed E-state index contributed by atoms with van der Waals surface area (Å²) >= 11 is 0. The Morgan fingerprint density at radius 3 is 2.38 bits per heavy atom. The highest BCUT2D eigenvalue weighted by molar-refractivity contribution is 5.36. The van der Waals surface area contributed by atoms with Gasteiger partial charge in [0.05, 0.1) is 12.1 Å². The number of aliphatic hydroxyl groups excluding tert-OH is 1. The van der Waals surface area contributed by atoms with Crippen molar-refractivity contribution >= 4 is 0 Å². The van der Waals surface area contributed by atoms with E-state index < -0.39 is 0 Å². The smallest absolute Gasteiger partial charge is 0.0693 e. The molecule has 2 N–H and O–H groups in total. The fourth-order valence-corrected chi connectivity index (χ4v) is 2.85. The zero-order valence-corrected chi connectivity index (χ0v) is 12.5. The van der Waals surface area contributed by atoms with Gasteiger partial charge in [-0.05, 0) is 42.4 Å². The number of benzene rings is 2. The van der Waals surface area contributed by atoms with Gasteiger partial charge in [0.1, 0.15) is 0 Å². The zero-order valence-electron chi connectivity index (χ0n) is 12.5. The lowest BCUT2D eigenvalue weighted by Gasteiger charge is -2.23. The van der Waals surface area contributed by atoms with Gasteiger partial charge in [-0.1, -0.05) is 54.6 Å². The molecule has 0 amide bonds. The van der Waals surface area contributed by atoms with Gasteiger partial charge in [-0.15, -0.1) is 0 Å². The van der Waals surface area contributed by atoms with Gasteiger partial charge in [0, 0.05) is 6.54 Å². The van der Waals surface area contributed by atoms with E-state index in [-0.39, 0.29) is 12.1 Å². The molecule has 1 aliphatic carbocycles. The van der Waals surface area contributed by atoms with Crippen molar-refractivity contribution in [1.82, 2.24) is 5.32 Å². The predicted molar refractivity (Wildman–Crippen MR) is 86.2 cm³/mol. The maximum Gasteiger partial charge on any atom is 0.0693 e. The Kier molecular flexibility index (Phi) is 4.37. The number of rotatable bonds is 6. The second kappa shape index (κ2) is 6.42. The minimum atomic E-state index is -0.222. The van der Waals surface area contributed by atoms with E-state index in [0.29, 0.717) is 12.5 Å². The molecule has 21 heavy (non-hydrogen) atoms. The minimum absolute atomic E-state index is 0.140. The number of aryl methyl sites for hydroxylation is 1. The quantitative estimate of drug-likeness (QED) is 0.850. The summed E-state index contributed by atoms with van der Waals surface area (Å²) in [5.41, 5.74) is 3.81. The van der Waals surface area contributed by atoms with Crippen molar-refractivity contribution in [3.05, 3.63) is 71.3 Å². The van der Waals surface area contributed by atoms with Crippen LogP contribution >= 0.6 is 0 Å². The molecule has 0 heterocycles. The molecule has 2 unspecified atom stereocenters. The standard InChI is InChI=1S/C19H23NO/c1-14-7-5-6-10-17(14)19(16-8-3-2-4-9-16)20-13-18(21)15-11-12-15/h2-10,15,18-21H,11-13H2,1H3. The molecular weight excluding hydrogens is 258 g/mol. The molecule has 2 aromatic carbocycles. The summed E-state index contributed by atoms with van der Waals surface area (Å²) in [5, 5.41) is 13.7. The molecule has 0 spiro atoms. The monoisotopic (exact) mass is 281 g/mol. The van der Waals surface area contributed by atoms with Crippen molar-refractivity contribution in [2.24, 2.45) is 5.92 Å². The average molecular weight is 281 g/mol. The van der Waals surface area contributed by atoms with Crippen LogP contribution in [-0.2, 0) is 0 Å². The van der Waals surface area contributed by atoms with Gasteiger partial charge >= 0.3 is 0 Å². The fourth-order valence-electron chi connectivity index (χ4n) is 2.85. The number of hydrogen-bond acceptors (Lipinski definition) is 2. The summed E-state index contributed by atoms with van der Waals surface area (Å²) in [6.45, 7) is 2.79. The summed E-state index contributed by atoms with van der Waals surface area (Å²) in [6.07, 6.45) is 2.12. The van der Waals surface area contributed by atoms with Crippen LogP contribution in [0.3, 0.4) is 0 Å². The van der Waals surface area contributed by atoms with Crippen molar-refractivity contribution in [2.75, 3.05) is 6.54 Å². The van der Waals surface area contributed by atoms with Crippen LogP contribution in [-0.4, -0.2) is 17.8 Å². The topological polar surface area (TPSA) is 32.3 Å². The van der Waals surface area contributed by atoms with Crippen LogP contribution in [0.2, 0.25) is 0 Å². The van der Waals surface area contributed by atoms with Gasteiger partial charge in [-0.3, -0.25) is 0 Å². The molecule has 0 radical (unpaired) electrons. The zero-order chi connectivity index (χ0) is 14.7. The first-order valence-corrected chi connectivity index (χ1v) is 7.77. The van der Waals surface area contributed by atoms with Crippen LogP contribution in [0.25, 0.3) is 0 Å². The van der Waals surface area contributed by atoms with Crippen molar-refractivity contribution in [3.63, 3.8) is 0 Å². The van der Waals surface area contributed by atoms with Gasteiger partial charge in [0.15, 0.2) is 0 Å². The molecule has 0 saturated heterocycles. The highest BCUT2D eigenvalue weighted by Gasteiger charge is 2.30. The highest BCUT2D eigenvalue weighted by atomic mass is 16.3. The Hall–Kier alpha value is -1.64. The van der Waals surface area contributed by atoms with Crippen molar-refractivity contribution in [1.29, 1.82) is 0 Å².